The van der Waals surface area contributed by atoms with Gasteiger partial charge in [0.05, 0.1) is 5.60 Å². The number of rotatable bonds is 5. The minimum absolute atomic E-state index is 0.0707. The monoisotopic (exact) mass is 241 g/mol. The van der Waals surface area contributed by atoms with Gasteiger partial charge in [0.25, 0.3) is 0 Å². The van der Waals surface area contributed by atoms with E-state index in [4.69, 9.17) is 4.74 Å². The predicted octanol–water partition coefficient (Wildman–Crippen LogP) is 3.75. The van der Waals surface area contributed by atoms with Crippen molar-refractivity contribution in [2.24, 2.45) is 5.41 Å². The Morgan fingerprint density at radius 2 is 1.71 bits per heavy atom. The lowest BCUT2D eigenvalue weighted by atomic mass is 9.69. The van der Waals surface area contributed by atoms with Crippen LogP contribution < -0.4 is 5.32 Å². The molecule has 0 saturated heterocycles. The van der Waals surface area contributed by atoms with E-state index in [9.17, 15) is 0 Å². The third kappa shape index (κ3) is 3.69. The second-order valence-electron chi connectivity index (χ2n) is 6.42. The molecule has 1 rings (SSSR count). The molecule has 0 aliphatic heterocycles. The summed E-state index contributed by atoms with van der Waals surface area (Å²) in [5.74, 6) is 0. The number of nitrogens with one attached hydrogen (secondary N) is 1. The van der Waals surface area contributed by atoms with Crippen LogP contribution in [0.3, 0.4) is 0 Å². The first-order chi connectivity index (χ1) is 7.96. The highest BCUT2D eigenvalue weighted by atomic mass is 16.5. The van der Waals surface area contributed by atoms with Crippen LogP contribution in [-0.2, 0) is 4.74 Å². The molecular formula is C15H31NO. The van der Waals surface area contributed by atoms with E-state index in [1.54, 1.807) is 0 Å². The highest BCUT2D eigenvalue weighted by Crippen LogP contribution is 2.40. The molecule has 1 saturated carbocycles. The van der Waals surface area contributed by atoms with E-state index in [1.807, 2.05) is 0 Å². The van der Waals surface area contributed by atoms with Gasteiger partial charge in [-0.05, 0) is 31.7 Å². The van der Waals surface area contributed by atoms with E-state index in [0.717, 1.165) is 13.2 Å². The van der Waals surface area contributed by atoms with Gasteiger partial charge in [0, 0.05) is 12.6 Å². The van der Waals surface area contributed by atoms with Crippen LogP contribution >= 0.6 is 0 Å². The minimum atomic E-state index is 0.0707. The highest BCUT2D eigenvalue weighted by Gasteiger charge is 2.45. The zero-order valence-corrected chi connectivity index (χ0v) is 12.4. The second-order valence-corrected chi connectivity index (χ2v) is 6.42. The SMILES string of the molecule is CCNC(C(C)(C)C)C1(OCC)CCCCC1. The quantitative estimate of drug-likeness (QED) is 0.791. The van der Waals surface area contributed by atoms with E-state index in [2.05, 4.69) is 39.9 Å². The molecule has 2 nitrogen and oxygen atoms in total. The van der Waals surface area contributed by atoms with Gasteiger partial charge in [0.2, 0.25) is 0 Å². The van der Waals surface area contributed by atoms with Crippen molar-refractivity contribution < 1.29 is 4.74 Å². The Labute approximate surface area is 108 Å². The molecule has 0 amide bonds. The maximum atomic E-state index is 6.25. The van der Waals surface area contributed by atoms with Crippen LogP contribution in [0, 0.1) is 5.41 Å². The average Bonchev–Trinajstić information content (AvgIpc) is 2.26. The fraction of sp³-hybridized carbons (Fsp3) is 1.00. The molecule has 0 heterocycles. The summed E-state index contributed by atoms with van der Waals surface area (Å²) in [6, 6.07) is 0.459. The molecule has 0 aromatic heterocycles. The van der Waals surface area contributed by atoms with Crippen LogP contribution in [0.1, 0.15) is 66.7 Å². The fourth-order valence-corrected chi connectivity index (χ4v) is 3.44. The molecule has 0 aromatic rings. The van der Waals surface area contributed by atoms with Crippen molar-refractivity contribution in [1.29, 1.82) is 0 Å². The summed E-state index contributed by atoms with van der Waals surface area (Å²) in [5.41, 5.74) is 0.323. The molecule has 2 heteroatoms. The summed E-state index contributed by atoms with van der Waals surface area (Å²) in [6.45, 7) is 13.2. The lowest BCUT2D eigenvalue weighted by molar-refractivity contribution is -0.112. The molecule has 0 radical (unpaired) electrons. The zero-order chi connectivity index (χ0) is 12.9. The highest BCUT2D eigenvalue weighted by molar-refractivity contribution is 5.00. The topological polar surface area (TPSA) is 21.3 Å². The third-order valence-corrected chi connectivity index (χ3v) is 3.93. The second kappa shape index (κ2) is 6.19. The Morgan fingerprint density at radius 3 is 2.12 bits per heavy atom. The molecule has 17 heavy (non-hydrogen) atoms. The maximum absolute atomic E-state index is 6.25. The summed E-state index contributed by atoms with van der Waals surface area (Å²) < 4.78 is 6.25. The number of hydrogen-bond acceptors (Lipinski definition) is 2. The van der Waals surface area contributed by atoms with Crippen molar-refractivity contribution >= 4 is 0 Å². The van der Waals surface area contributed by atoms with Crippen LogP contribution in [0.2, 0.25) is 0 Å². The van der Waals surface area contributed by atoms with Gasteiger partial charge in [0.15, 0.2) is 0 Å². The fourth-order valence-electron chi connectivity index (χ4n) is 3.44. The Kier molecular flexibility index (Phi) is 5.46. The van der Waals surface area contributed by atoms with Crippen LogP contribution in [-0.4, -0.2) is 24.8 Å². The summed E-state index contributed by atoms with van der Waals surface area (Å²) in [5, 5.41) is 3.69. The molecule has 102 valence electrons. The smallest absolute Gasteiger partial charge is 0.0839 e. The normalized spacial score (nSPS) is 22.4. The van der Waals surface area contributed by atoms with Gasteiger partial charge in [0.1, 0.15) is 0 Å². The largest absolute Gasteiger partial charge is 0.374 e. The van der Waals surface area contributed by atoms with Crippen molar-refractivity contribution in [1.82, 2.24) is 5.32 Å². The molecule has 0 spiro atoms. The van der Waals surface area contributed by atoms with E-state index in [-0.39, 0.29) is 11.0 Å². The van der Waals surface area contributed by atoms with Crippen LogP contribution in [0.4, 0.5) is 0 Å². The molecule has 1 N–H and O–H groups in total. The van der Waals surface area contributed by atoms with E-state index in [0.29, 0.717) is 6.04 Å². The summed E-state index contributed by atoms with van der Waals surface area (Å²) in [7, 11) is 0. The molecule has 1 unspecified atom stereocenters. The number of likely N-dealkylation sites (N-methyl/N-ethyl adjacent to an activating group) is 1. The number of hydrogen-bond donors (Lipinski definition) is 1. The lowest BCUT2D eigenvalue weighted by Crippen LogP contribution is -2.59. The van der Waals surface area contributed by atoms with Crippen LogP contribution in [0.5, 0.6) is 0 Å². The van der Waals surface area contributed by atoms with Crippen molar-refractivity contribution in [2.45, 2.75) is 78.4 Å². The summed E-state index contributed by atoms with van der Waals surface area (Å²) >= 11 is 0. The van der Waals surface area contributed by atoms with Gasteiger partial charge in [-0.3, -0.25) is 0 Å². The van der Waals surface area contributed by atoms with Gasteiger partial charge in [-0.2, -0.15) is 0 Å². The Hall–Kier alpha value is -0.0800. The third-order valence-electron chi connectivity index (χ3n) is 3.93. The van der Waals surface area contributed by atoms with Crippen LogP contribution in [0.25, 0.3) is 0 Å². The minimum Gasteiger partial charge on any atom is -0.374 e. The molecule has 1 atom stereocenters. The van der Waals surface area contributed by atoms with Gasteiger partial charge in [-0.1, -0.05) is 47.0 Å². The van der Waals surface area contributed by atoms with Gasteiger partial charge >= 0.3 is 0 Å². The van der Waals surface area contributed by atoms with Gasteiger partial charge in [-0.15, -0.1) is 0 Å². The number of ether oxygens (including phenoxy) is 1. The predicted molar refractivity (Wildman–Crippen MR) is 74.4 cm³/mol. The van der Waals surface area contributed by atoms with Crippen molar-refractivity contribution in [2.75, 3.05) is 13.2 Å². The molecule has 1 fully saturated rings. The lowest BCUT2D eigenvalue weighted by Gasteiger charge is -2.49. The van der Waals surface area contributed by atoms with Crippen molar-refractivity contribution in [3.8, 4) is 0 Å². The van der Waals surface area contributed by atoms with E-state index >= 15 is 0 Å². The first-order valence-electron chi connectivity index (χ1n) is 7.33. The Morgan fingerprint density at radius 1 is 1.12 bits per heavy atom. The van der Waals surface area contributed by atoms with Crippen molar-refractivity contribution in [3.63, 3.8) is 0 Å². The standard InChI is InChI=1S/C15H31NO/c1-6-16-13(14(3,4)5)15(17-7-2)11-9-8-10-12-15/h13,16H,6-12H2,1-5H3. The summed E-state index contributed by atoms with van der Waals surface area (Å²) in [4.78, 5) is 0. The molecule has 0 aromatic carbocycles. The molecule has 1 aliphatic rings. The van der Waals surface area contributed by atoms with Gasteiger partial charge < -0.3 is 10.1 Å². The average molecular weight is 241 g/mol. The summed E-state index contributed by atoms with van der Waals surface area (Å²) in [6.07, 6.45) is 6.44. The van der Waals surface area contributed by atoms with Crippen molar-refractivity contribution in [3.05, 3.63) is 0 Å². The Bertz CT molecular complexity index is 208. The first kappa shape index (κ1) is 15.0. The molecular weight excluding hydrogens is 210 g/mol. The Balaban J connectivity index is 2.90. The van der Waals surface area contributed by atoms with Gasteiger partial charge in [-0.25, -0.2) is 0 Å². The molecule has 0 bridgehead atoms. The van der Waals surface area contributed by atoms with E-state index < -0.39 is 0 Å². The zero-order valence-electron chi connectivity index (χ0n) is 12.4. The maximum Gasteiger partial charge on any atom is 0.0839 e. The molecule has 1 aliphatic carbocycles. The van der Waals surface area contributed by atoms with E-state index in [1.165, 1.54) is 32.1 Å². The first-order valence-corrected chi connectivity index (χ1v) is 7.33. The van der Waals surface area contributed by atoms with Crippen LogP contribution in [0.15, 0.2) is 0 Å².